The number of morpholine rings is 1. The third-order valence-corrected chi connectivity index (χ3v) is 3.13. The van der Waals surface area contributed by atoms with Crippen LogP contribution in [0.5, 0.6) is 0 Å². The van der Waals surface area contributed by atoms with Crippen molar-refractivity contribution in [2.45, 2.75) is 19.6 Å². The monoisotopic (exact) mass is 247 g/mol. The Morgan fingerprint density at radius 2 is 2.44 bits per heavy atom. The summed E-state index contributed by atoms with van der Waals surface area (Å²) in [6.45, 7) is 5.40. The highest BCUT2D eigenvalue weighted by Crippen LogP contribution is 2.20. The van der Waals surface area contributed by atoms with E-state index in [0.717, 1.165) is 43.5 Å². The van der Waals surface area contributed by atoms with Gasteiger partial charge in [-0.15, -0.1) is 0 Å². The predicted octanol–water partition coefficient (Wildman–Crippen LogP) is 1.01. The molecule has 1 aliphatic rings. The highest BCUT2D eigenvalue weighted by atomic mass is 16.5. The van der Waals surface area contributed by atoms with Crippen LogP contribution >= 0.6 is 0 Å². The van der Waals surface area contributed by atoms with Crippen molar-refractivity contribution in [3.63, 3.8) is 0 Å². The molecule has 3 rings (SSSR count). The van der Waals surface area contributed by atoms with Gasteiger partial charge in [0, 0.05) is 43.4 Å². The van der Waals surface area contributed by atoms with Gasteiger partial charge >= 0.3 is 0 Å². The summed E-state index contributed by atoms with van der Waals surface area (Å²) < 4.78 is 5.77. The molecule has 1 saturated heterocycles. The molecule has 6 heteroatoms. The lowest BCUT2D eigenvalue weighted by atomic mass is 10.2. The van der Waals surface area contributed by atoms with Crippen LogP contribution in [0, 0.1) is 6.92 Å². The van der Waals surface area contributed by atoms with Crippen molar-refractivity contribution >= 4 is 0 Å². The smallest absolute Gasteiger partial charge is 0.136 e. The number of imidazole rings is 2. The largest absolute Gasteiger partial charge is 0.368 e. The number of hydrogen-bond acceptors (Lipinski definition) is 4. The average molecular weight is 247 g/mol. The van der Waals surface area contributed by atoms with Crippen LogP contribution in [0.2, 0.25) is 0 Å². The molecule has 2 aromatic rings. The highest BCUT2D eigenvalue weighted by Gasteiger charge is 2.24. The van der Waals surface area contributed by atoms with Gasteiger partial charge in [-0.1, -0.05) is 0 Å². The van der Waals surface area contributed by atoms with E-state index in [-0.39, 0.29) is 6.10 Å². The lowest BCUT2D eigenvalue weighted by Crippen LogP contribution is -2.38. The second-order valence-electron chi connectivity index (χ2n) is 4.62. The third-order valence-electron chi connectivity index (χ3n) is 3.13. The number of hydrogen-bond donors (Lipinski definition) is 2. The molecule has 6 nitrogen and oxygen atoms in total. The van der Waals surface area contributed by atoms with Crippen LogP contribution in [-0.2, 0) is 11.3 Å². The minimum atomic E-state index is 0.0374. The SMILES string of the molecule is Cc1cnc([C@H]2CN(Cc3cnc[nH]3)CCO2)[nH]1. The topological polar surface area (TPSA) is 69.8 Å². The Morgan fingerprint density at radius 1 is 1.50 bits per heavy atom. The Balaban J connectivity index is 1.65. The molecule has 0 amide bonds. The summed E-state index contributed by atoms with van der Waals surface area (Å²) in [6.07, 6.45) is 5.45. The minimum Gasteiger partial charge on any atom is -0.368 e. The van der Waals surface area contributed by atoms with Gasteiger partial charge in [0.25, 0.3) is 0 Å². The van der Waals surface area contributed by atoms with E-state index in [9.17, 15) is 0 Å². The van der Waals surface area contributed by atoms with E-state index in [0.29, 0.717) is 0 Å². The summed E-state index contributed by atoms with van der Waals surface area (Å²) in [5.41, 5.74) is 2.20. The molecular weight excluding hydrogens is 230 g/mol. The average Bonchev–Trinajstić information content (AvgIpc) is 3.01. The molecule has 0 saturated carbocycles. The van der Waals surface area contributed by atoms with Gasteiger partial charge in [-0.3, -0.25) is 4.90 Å². The van der Waals surface area contributed by atoms with Gasteiger partial charge in [0.15, 0.2) is 0 Å². The Hall–Kier alpha value is -1.66. The van der Waals surface area contributed by atoms with Crippen LogP contribution in [-0.4, -0.2) is 44.5 Å². The van der Waals surface area contributed by atoms with Crippen LogP contribution < -0.4 is 0 Å². The molecular formula is C12H17N5O. The molecule has 2 N–H and O–H groups in total. The van der Waals surface area contributed by atoms with E-state index in [4.69, 9.17) is 4.74 Å². The van der Waals surface area contributed by atoms with E-state index < -0.39 is 0 Å². The number of nitrogens with zero attached hydrogens (tertiary/aromatic N) is 3. The van der Waals surface area contributed by atoms with Gasteiger partial charge in [0.1, 0.15) is 11.9 Å². The van der Waals surface area contributed by atoms with Crippen LogP contribution in [0.25, 0.3) is 0 Å². The van der Waals surface area contributed by atoms with Gasteiger partial charge in [0.05, 0.1) is 12.9 Å². The van der Waals surface area contributed by atoms with E-state index in [1.165, 1.54) is 0 Å². The lowest BCUT2D eigenvalue weighted by Gasteiger charge is -2.31. The molecule has 1 fully saturated rings. The minimum absolute atomic E-state index is 0.0374. The molecule has 1 atom stereocenters. The Labute approximate surface area is 105 Å². The Bertz CT molecular complexity index is 492. The first-order valence-electron chi connectivity index (χ1n) is 6.14. The normalized spacial score (nSPS) is 21.3. The van der Waals surface area contributed by atoms with Crippen molar-refractivity contribution in [3.8, 4) is 0 Å². The number of aryl methyl sites for hydroxylation is 1. The number of aromatic amines is 2. The Kier molecular flexibility index (Phi) is 3.12. The quantitative estimate of drug-likeness (QED) is 0.849. The van der Waals surface area contributed by atoms with E-state index in [2.05, 4.69) is 24.8 Å². The van der Waals surface area contributed by atoms with Crippen molar-refractivity contribution in [2.75, 3.05) is 19.7 Å². The van der Waals surface area contributed by atoms with Crippen molar-refractivity contribution in [1.82, 2.24) is 24.8 Å². The molecule has 2 aromatic heterocycles. The Morgan fingerprint density at radius 3 is 3.17 bits per heavy atom. The molecule has 1 aliphatic heterocycles. The second-order valence-corrected chi connectivity index (χ2v) is 4.62. The van der Waals surface area contributed by atoms with Gasteiger partial charge in [-0.2, -0.15) is 0 Å². The second kappa shape index (κ2) is 4.91. The zero-order valence-corrected chi connectivity index (χ0v) is 10.4. The maximum atomic E-state index is 5.77. The summed E-state index contributed by atoms with van der Waals surface area (Å²) in [4.78, 5) is 17.1. The summed E-state index contributed by atoms with van der Waals surface area (Å²) in [6, 6.07) is 0. The molecule has 3 heterocycles. The molecule has 96 valence electrons. The fourth-order valence-corrected chi connectivity index (χ4v) is 2.22. The van der Waals surface area contributed by atoms with Crippen LogP contribution in [0.15, 0.2) is 18.7 Å². The molecule has 0 spiro atoms. The fraction of sp³-hybridized carbons (Fsp3) is 0.500. The van der Waals surface area contributed by atoms with E-state index >= 15 is 0 Å². The molecule has 0 aromatic carbocycles. The number of H-pyrrole nitrogens is 2. The van der Waals surface area contributed by atoms with Crippen molar-refractivity contribution in [3.05, 3.63) is 35.9 Å². The fourth-order valence-electron chi connectivity index (χ4n) is 2.22. The van der Waals surface area contributed by atoms with Crippen molar-refractivity contribution < 1.29 is 4.74 Å². The number of aromatic nitrogens is 4. The predicted molar refractivity (Wildman–Crippen MR) is 65.9 cm³/mol. The third kappa shape index (κ3) is 2.44. The van der Waals surface area contributed by atoms with Crippen LogP contribution in [0.1, 0.15) is 23.3 Å². The molecule has 0 aliphatic carbocycles. The zero-order chi connectivity index (χ0) is 12.4. The first-order chi connectivity index (χ1) is 8.81. The standard InChI is InChI=1S/C12H17N5O/c1-9-4-14-12(16-9)11-7-17(2-3-18-11)6-10-5-13-8-15-10/h4-5,8,11H,2-3,6-7H2,1H3,(H,13,15)(H,14,16)/t11-/m1/s1. The summed E-state index contributed by atoms with van der Waals surface area (Å²) >= 11 is 0. The van der Waals surface area contributed by atoms with Crippen LogP contribution in [0.4, 0.5) is 0 Å². The van der Waals surface area contributed by atoms with E-state index in [1.807, 2.05) is 19.3 Å². The number of ether oxygens (including phenoxy) is 1. The summed E-state index contributed by atoms with van der Waals surface area (Å²) in [5.74, 6) is 0.918. The number of nitrogens with one attached hydrogen (secondary N) is 2. The molecule has 0 unspecified atom stereocenters. The highest BCUT2D eigenvalue weighted by molar-refractivity contribution is 5.03. The summed E-state index contributed by atoms with van der Waals surface area (Å²) in [7, 11) is 0. The van der Waals surface area contributed by atoms with Gasteiger partial charge in [0.2, 0.25) is 0 Å². The molecule has 18 heavy (non-hydrogen) atoms. The van der Waals surface area contributed by atoms with Gasteiger partial charge < -0.3 is 14.7 Å². The van der Waals surface area contributed by atoms with Crippen molar-refractivity contribution in [2.24, 2.45) is 0 Å². The maximum Gasteiger partial charge on any atom is 0.136 e. The first kappa shape index (κ1) is 11.4. The van der Waals surface area contributed by atoms with Gasteiger partial charge in [-0.25, -0.2) is 9.97 Å². The van der Waals surface area contributed by atoms with E-state index in [1.54, 1.807) is 6.33 Å². The maximum absolute atomic E-state index is 5.77. The molecule has 0 bridgehead atoms. The van der Waals surface area contributed by atoms with Crippen LogP contribution in [0.3, 0.4) is 0 Å². The summed E-state index contributed by atoms with van der Waals surface area (Å²) in [5, 5.41) is 0. The first-order valence-corrected chi connectivity index (χ1v) is 6.14. The molecule has 0 radical (unpaired) electrons. The number of rotatable bonds is 3. The van der Waals surface area contributed by atoms with Gasteiger partial charge in [-0.05, 0) is 6.92 Å². The zero-order valence-electron chi connectivity index (χ0n) is 10.4. The van der Waals surface area contributed by atoms with Crippen molar-refractivity contribution in [1.29, 1.82) is 0 Å². The lowest BCUT2D eigenvalue weighted by molar-refractivity contribution is -0.0371.